The van der Waals surface area contributed by atoms with Gasteiger partial charge in [-0.15, -0.1) is 0 Å². The predicted octanol–water partition coefficient (Wildman–Crippen LogP) is 2.62. The van der Waals surface area contributed by atoms with Crippen molar-refractivity contribution in [2.75, 3.05) is 13.1 Å². The number of aromatic nitrogens is 1. The Labute approximate surface area is 149 Å². The van der Waals surface area contributed by atoms with Crippen LogP contribution in [0.15, 0.2) is 48.5 Å². The van der Waals surface area contributed by atoms with E-state index in [0.29, 0.717) is 13.1 Å². The number of carbonyl (C=O) groups excluding carboxylic acids is 2. The summed E-state index contributed by atoms with van der Waals surface area (Å²) in [5, 5.41) is 3.70. The van der Waals surface area contributed by atoms with Gasteiger partial charge >= 0.3 is 0 Å². The number of nitrogens with one attached hydrogen (secondary N) is 2. The summed E-state index contributed by atoms with van der Waals surface area (Å²) in [4.78, 5) is 29.7. The second-order valence-corrected chi connectivity index (χ2v) is 6.39. The van der Waals surface area contributed by atoms with Gasteiger partial charge in [0.2, 0.25) is 5.91 Å². The molecule has 0 aliphatic carbocycles. The van der Waals surface area contributed by atoms with Crippen LogP contribution in [0.2, 0.25) is 0 Å². The topological polar surface area (TPSA) is 65.2 Å². The summed E-state index contributed by atoms with van der Waals surface area (Å²) in [5.41, 5.74) is 3.58. The summed E-state index contributed by atoms with van der Waals surface area (Å²) in [6.07, 6.45) is 0.758. The predicted molar refractivity (Wildman–Crippen MR) is 96.2 cm³/mol. The third-order valence-corrected chi connectivity index (χ3v) is 4.72. The summed E-state index contributed by atoms with van der Waals surface area (Å²) >= 11 is 0. The molecule has 1 aliphatic rings. The molecule has 0 bridgehead atoms. The minimum Gasteiger partial charge on any atom is -0.358 e. The van der Waals surface area contributed by atoms with Crippen LogP contribution in [-0.2, 0) is 17.8 Å². The monoisotopic (exact) mass is 351 g/mol. The number of amides is 2. The largest absolute Gasteiger partial charge is 0.358 e. The number of para-hydroxylation sites is 1. The number of H-pyrrole nitrogens is 1. The molecule has 5 nitrogen and oxygen atoms in total. The lowest BCUT2D eigenvalue weighted by atomic mass is 10.0. The Hall–Kier alpha value is -3.15. The Balaban J connectivity index is 1.42. The standard InChI is InChI=1S/C20H18FN3O2/c21-14-5-3-4-13(10-14)20(26)22-11-19(25)24-9-8-18-16(12-24)15-6-1-2-7-17(15)23-18/h1-7,10,23H,8-9,11-12H2,(H,22,26). The van der Waals surface area contributed by atoms with Gasteiger partial charge in [0.05, 0.1) is 6.54 Å². The van der Waals surface area contributed by atoms with E-state index in [1.807, 2.05) is 24.3 Å². The van der Waals surface area contributed by atoms with Crippen molar-refractivity contribution in [3.8, 4) is 0 Å². The summed E-state index contributed by atoms with van der Waals surface area (Å²) in [7, 11) is 0. The van der Waals surface area contributed by atoms with E-state index < -0.39 is 11.7 Å². The lowest BCUT2D eigenvalue weighted by Crippen LogP contribution is -2.42. The number of rotatable bonds is 3. The maximum atomic E-state index is 13.2. The Morgan fingerprint density at radius 2 is 2.00 bits per heavy atom. The highest BCUT2D eigenvalue weighted by Gasteiger charge is 2.24. The summed E-state index contributed by atoms with van der Waals surface area (Å²) < 4.78 is 13.2. The van der Waals surface area contributed by atoms with E-state index in [2.05, 4.69) is 10.3 Å². The first kappa shape index (κ1) is 16.3. The molecule has 4 rings (SSSR count). The lowest BCUT2D eigenvalue weighted by molar-refractivity contribution is -0.131. The molecule has 0 fully saturated rings. The molecule has 2 heterocycles. The molecule has 0 saturated heterocycles. The average molecular weight is 351 g/mol. The van der Waals surface area contributed by atoms with Gasteiger partial charge in [0, 0.05) is 47.2 Å². The number of fused-ring (bicyclic) bond motifs is 3. The minimum atomic E-state index is -0.480. The highest BCUT2D eigenvalue weighted by Crippen LogP contribution is 2.27. The van der Waals surface area contributed by atoms with Gasteiger partial charge in [0.1, 0.15) is 5.82 Å². The van der Waals surface area contributed by atoms with Crippen LogP contribution >= 0.6 is 0 Å². The summed E-state index contributed by atoms with van der Waals surface area (Å²) in [5.74, 6) is -1.08. The molecule has 3 aromatic rings. The Bertz CT molecular complexity index is 996. The lowest BCUT2D eigenvalue weighted by Gasteiger charge is -2.27. The number of nitrogens with zero attached hydrogens (tertiary/aromatic N) is 1. The van der Waals surface area contributed by atoms with Crippen molar-refractivity contribution >= 4 is 22.7 Å². The maximum absolute atomic E-state index is 13.2. The van der Waals surface area contributed by atoms with Gasteiger partial charge in [-0.1, -0.05) is 24.3 Å². The van der Waals surface area contributed by atoms with Gasteiger partial charge < -0.3 is 15.2 Å². The molecular weight excluding hydrogens is 333 g/mol. The van der Waals surface area contributed by atoms with E-state index in [1.54, 1.807) is 4.90 Å². The van der Waals surface area contributed by atoms with Crippen LogP contribution in [0.3, 0.4) is 0 Å². The first-order valence-electron chi connectivity index (χ1n) is 8.52. The van der Waals surface area contributed by atoms with Crippen LogP contribution in [0.5, 0.6) is 0 Å². The van der Waals surface area contributed by atoms with Crippen molar-refractivity contribution in [3.63, 3.8) is 0 Å². The number of benzene rings is 2. The van der Waals surface area contributed by atoms with Crippen LogP contribution in [0.4, 0.5) is 4.39 Å². The molecule has 1 aliphatic heterocycles. The number of hydrogen-bond donors (Lipinski definition) is 2. The molecule has 0 saturated carbocycles. The van der Waals surface area contributed by atoms with Crippen LogP contribution in [0.1, 0.15) is 21.6 Å². The molecule has 0 spiro atoms. The van der Waals surface area contributed by atoms with Crippen molar-refractivity contribution in [2.24, 2.45) is 0 Å². The fraction of sp³-hybridized carbons (Fsp3) is 0.200. The van der Waals surface area contributed by atoms with E-state index in [9.17, 15) is 14.0 Å². The molecule has 0 atom stereocenters. The van der Waals surface area contributed by atoms with Gasteiger partial charge in [-0.25, -0.2) is 4.39 Å². The minimum absolute atomic E-state index is 0.104. The Morgan fingerprint density at radius 1 is 1.15 bits per heavy atom. The van der Waals surface area contributed by atoms with E-state index in [0.717, 1.165) is 29.0 Å². The van der Waals surface area contributed by atoms with E-state index >= 15 is 0 Å². The van der Waals surface area contributed by atoms with Crippen molar-refractivity contribution in [1.82, 2.24) is 15.2 Å². The highest BCUT2D eigenvalue weighted by atomic mass is 19.1. The Kier molecular flexibility index (Phi) is 4.16. The molecule has 132 valence electrons. The van der Waals surface area contributed by atoms with Crippen LogP contribution in [-0.4, -0.2) is 34.8 Å². The molecule has 0 radical (unpaired) electrons. The van der Waals surface area contributed by atoms with Gasteiger partial charge in [0.25, 0.3) is 5.91 Å². The maximum Gasteiger partial charge on any atom is 0.251 e. The van der Waals surface area contributed by atoms with Gasteiger partial charge in [-0.3, -0.25) is 9.59 Å². The fourth-order valence-electron chi connectivity index (χ4n) is 3.38. The SMILES string of the molecule is O=C(NCC(=O)N1CCc2[nH]c3ccccc3c2C1)c1cccc(F)c1. The molecule has 2 N–H and O–H groups in total. The zero-order valence-corrected chi connectivity index (χ0v) is 14.1. The highest BCUT2D eigenvalue weighted by molar-refractivity contribution is 5.96. The normalized spacial score (nSPS) is 13.5. The van der Waals surface area contributed by atoms with E-state index in [4.69, 9.17) is 0 Å². The fourth-order valence-corrected chi connectivity index (χ4v) is 3.38. The van der Waals surface area contributed by atoms with Gasteiger partial charge in [-0.05, 0) is 24.3 Å². The van der Waals surface area contributed by atoms with Gasteiger partial charge in [-0.2, -0.15) is 0 Å². The molecular formula is C20H18FN3O2. The van der Waals surface area contributed by atoms with Crippen molar-refractivity contribution in [1.29, 1.82) is 0 Å². The van der Waals surface area contributed by atoms with Crippen molar-refractivity contribution < 1.29 is 14.0 Å². The third-order valence-electron chi connectivity index (χ3n) is 4.72. The second kappa shape index (κ2) is 6.63. The number of carbonyl (C=O) groups is 2. The van der Waals surface area contributed by atoms with Gasteiger partial charge in [0.15, 0.2) is 0 Å². The van der Waals surface area contributed by atoms with Crippen LogP contribution in [0.25, 0.3) is 10.9 Å². The average Bonchev–Trinajstić information content (AvgIpc) is 3.03. The molecule has 1 aromatic heterocycles. The first-order chi connectivity index (χ1) is 12.6. The van der Waals surface area contributed by atoms with E-state index in [-0.39, 0.29) is 18.0 Å². The molecule has 2 amide bonds. The molecule has 0 unspecified atom stereocenters. The van der Waals surface area contributed by atoms with Crippen LogP contribution in [0, 0.1) is 5.82 Å². The molecule has 2 aromatic carbocycles. The molecule has 26 heavy (non-hydrogen) atoms. The zero-order valence-electron chi connectivity index (χ0n) is 14.1. The quantitative estimate of drug-likeness (QED) is 0.762. The van der Waals surface area contributed by atoms with Crippen molar-refractivity contribution in [2.45, 2.75) is 13.0 Å². The third kappa shape index (κ3) is 3.06. The molecule has 6 heteroatoms. The number of halogens is 1. The number of aromatic amines is 1. The van der Waals surface area contributed by atoms with E-state index in [1.165, 1.54) is 23.9 Å². The smallest absolute Gasteiger partial charge is 0.251 e. The summed E-state index contributed by atoms with van der Waals surface area (Å²) in [6, 6.07) is 13.4. The number of hydrogen-bond acceptors (Lipinski definition) is 2. The first-order valence-corrected chi connectivity index (χ1v) is 8.52. The zero-order chi connectivity index (χ0) is 18.1. The Morgan fingerprint density at radius 3 is 2.85 bits per heavy atom. The van der Waals surface area contributed by atoms with Crippen LogP contribution < -0.4 is 5.32 Å². The van der Waals surface area contributed by atoms with Crippen molar-refractivity contribution in [3.05, 3.63) is 71.2 Å². The summed E-state index contributed by atoms with van der Waals surface area (Å²) in [6.45, 7) is 1.02. The second-order valence-electron chi connectivity index (χ2n) is 6.39.